The minimum Gasteiger partial charge on any atom is -0.393 e. The van der Waals surface area contributed by atoms with Crippen LogP contribution in [-0.2, 0) is 0 Å². The zero-order valence-electron chi connectivity index (χ0n) is 13.3. The summed E-state index contributed by atoms with van der Waals surface area (Å²) in [6.45, 7) is 0. The Hall–Kier alpha value is -2.67. The molecule has 5 N–H and O–H groups in total. The van der Waals surface area contributed by atoms with Crippen LogP contribution in [0.5, 0.6) is 0 Å². The molecule has 1 saturated carbocycles. The number of hydrogen-bond donors (Lipinski definition) is 4. The molecule has 0 saturated heterocycles. The highest BCUT2D eigenvalue weighted by Crippen LogP contribution is 2.23. The molecule has 0 bridgehead atoms. The lowest BCUT2D eigenvalue weighted by Gasteiger charge is -2.26. The fraction of sp³-hybridized carbons (Fsp3) is 0.353. The van der Waals surface area contributed by atoms with Crippen molar-refractivity contribution in [3.8, 4) is 0 Å². The number of hydrogen-bond acceptors (Lipinski definition) is 6. The second-order valence-electron chi connectivity index (χ2n) is 5.96. The van der Waals surface area contributed by atoms with Gasteiger partial charge in [0.25, 0.3) is 5.91 Å². The lowest BCUT2D eigenvalue weighted by Crippen LogP contribution is -2.29. The zero-order chi connectivity index (χ0) is 16.9. The van der Waals surface area contributed by atoms with Crippen LogP contribution in [0.3, 0.4) is 0 Å². The van der Waals surface area contributed by atoms with Gasteiger partial charge >= 0.3 is 0 Å². The molecule has 24 heavy (non-hydrogen) atoms. The van der Waals surface area contributed by atoms with Crippen molar-refractivity contribution in [3.05, 3.63) is 42.1 Å². The van der Waals surface area contributed by atoms with Gasteiger partial charge in [0.05, 0.1) is 6.10 Å². The van der Waals surface area contributed by atoms with E-state index in [0.29, 0.717) is 11.8 Å². The highest BCUT2D eigenvalue weighted by atomic mass is 16.3. The summed E-state index contributed by atoms with van der Waals surface area (Å²) in [6, 6.07) is 9.66. The van der Waals surface area contributed by atoms with Crippen LogP contribution in [0.4, 0.5) is 17.5 Å². The maximum absolute atomic E-state index is 11.6. The first kappa shape index (κ1) is 16.2. The molecular weight excluding hydrogens is 306 g/mol. The number of anilines is 3. The van der Waals surface area contributed by atoms with Gasteiger partial charge in [0.2, 0.25) is 5.95 Å². The molecule has 1 aromatic carbocycles. The van der Waals surface area contributed by atoms with E-state index in [9.17, 15) is 9.90 Å². The van der Waals surface area contributed by atoms with Gasteiger partial charge in [-0.1, -0.05) is 18.2 Å². The van der Waals surface area contributed by atoms with E-state index in [4.69, 9.17) is 5.73 Å². The molecule has 7 heteroatoms. The fourth-order valence-electron chi connectivity index (χ4n) is 2.79. The summed E-state index contributed by atoms with van der Waals surface area (Å²) in [5, 5.41) is 16.0. The number of rotatable bonds is 5. The summed E-state index contributed by atoms with van der Waals surface area (Å²) in [4.78, 5) is 20.2. The number of aromatic nitrogens is 2. The third kappa shape index (κ3) is 3.99. The number of carbonyl (C=O) groups excluding carboxylic acids is 1. The topological polar surface area (TPSA) is 113 Å². The Labute approximate surface area is 140 Å². The maximum atomic E-state index is 11.6. The van der Waals surface area contributed by atoms with Crippen molar-refractivity contribution in [2.45, 2.75) is 37.8 Å². The summed E-state index contributed by atoms with van der Waals surface area (Å²) in [6.07, 6.45) is 4.49. The van der Waals surface area contributed by atoms with Gasteiger partial charge in [-0.05, 0) is 37.8 Å². The molecule has 2 aromatic rings. The Morgan fingerprint density at radius 3 is 2.54 bits per heavy atom. The number of aliphatic hydroxyl groups is 1. The lowest BCUT2D eigenvalue weighted by molar-refractivity contribution is 0.100. The largest absolute Gasteiger partial charge is 0.393 e. The van der Waals surface area contributed by atoms with Crippen molar-refractivity contribution in [3.63, 3.8) is 0 Å². The standard InChI is InChI=1S/C17H21N5O2/c18-15(24)14-10-19-17(21-12-6-8-13(23)9-7-12)22-16(14)20-11-4-2-1-3-5-11/h1-5,10,12-13,23H,6-9H2,(H2,18,24)(H2,19,20,21,22). The van der Waals surface area contributed by atoms with Crippen LogP contribution in [-0.4, -0.2) is 33.1 Å². The van der Waals surface area contributed by atoms with Crippen molar-refractivity contribution >= 4 is 23.4 Å². The molecule has 0 aliphatic heterocycles. The number of nitrogens with one attached hydrogen (secondary N) is 2. The minimum atomic E-state index is -0.583. The molecule has 0 spiro atoms. The number of carbonyl (C=O) groups is 1. The first-order chi connectivity index (χ1) is 11.6. The first-order valence-corrected chi connectivity index (χ1v) is 8.05. The molecule has 0 atom stereocenters. The van der Waals surface area contributed by atoms with Crippen LogP contribution in [0, 0.1) is 0 Å². The van der Waals surface area contributed by atoms with Gasteiger partial charge in [0.1, 0.15) is 11.4 Å². The van der Waals surface area contributed by atoms with Gasteiger partial charge in [0.15, 0.2) is 0 Å². The highest BCUT2D eigenvalue weighted by molar-refractivity contribution is 5.98. The molecule has 1 aliphatic rings. The van der Waals surface area contributed by atoms with Gasteiger partial charge in [-0.15, -0.1) is 0 Å². The minimum absolute atomic E-state index is 0.212. The van der Waals surface area contributed by atoms with E-state index < -0.39 is 5.91 Å². The van der Waals surface area contributed by atoms with Crippen molar-refractivity contribution in [2.24, 2.45) is 5.73 Å². The summed E-state index contributed by atoms with van der Waals surface area (Å²) in [5.41, 5.74) is 6.46. The second-order valence-corrected chi connectivity index (χ2v) is 5.96. The Balaban J connectivity index is 1.79. The maximum Gasteiger partial charge on any atom is 0.254 e. The van der Waals surface area contributed by atoms with Crippen molar-refractivity contribution < 1.29 is 9.90 Å². The molecular formula is C17H21N5O2. The smallest absolute Gasteiger partial charge is 0.254 e. The SMILES string of the molecule is NC(=O)c1cnc(NC2CCC(O)CC2)nc1Nc1ccccc1. The van der Waals surface area contributed by atoms with E-state index in [-0.39, 0.29) is 17.7 Å². The third-order valence-corrected chi connectivity index (χ3v) is 4.12. The molecule has 1 fully saturated rings. The fourth-order valence-corrected chi connectivity index (χ4v) is 2.79. The quantitative estimate of drug-likeness (QED) is 0.668. The molecule has 0 radical (unpaired) electrons. The zero-order valence-corrected chi connectivity index (χ0v) is 13.3. The van der Waals surface area contributed by atoms with Crippen molar-refractivity contribution in [2.75, 3.05) is 10.6 Å². The highest BCUT2D eigenvalue weighted by Gasteiger charge is 2.20. The van der Waals surface area contributed by atoms with Crippen LogP contribution >= 0.6 is 0 Å². The Morgan fingerprint density at radius 1 is 1.17 bits per heavy atom. The van der Waals surface area contributed by atoms with E-state index >= 15 is 0 Å². The molecule has 1 aliphatic carbocycles. The number of amides is 1. The average Bonchev–Trinajstić information content (AvgIpc) is 2.58. The lowest BCUT2D eigenvalue weighted by atomic mass is 9.93. The van der Waals surface area contributed by atoms with Gasteiger partial charge in [0, 0.05) is 17.9 Å². The molecule has 126 valence electrons. The Kier molecular flexibility index (Phi) is 4.90. The normalized spacial score (nSPS) is 20.4. The number of nitrogens with zero attached hydrogens (tertiary/aromatic N) is 2. The summed E-state index contributed by atoms with van der Waals surface area (Å²) < 4.78 is 0. The predicted molar refractivity (Wildman–Crippen MR) is 92.2 cm³/mol. The summed E-state index contributed by atoms with van der Waals surface area (Å²) in [7, 11) is 0. The summed E-state index contributed by atoms with van der Waals surface area (Å²) >= 11 is 0. The van der Waals surface area contributed by atoms with E-state index in [1.54, 1.807) is 0 Å². The van der Waals surface area contributed by atoms with Crippen LogP contribution in [0.2, 0.25) is 0 Å². The molecule has 0 unspecified atom stereocenters. The van der Waals surface area contributed by atoms with Crippen molar-refractivity contribution in [1.29, 1.82) is 0 Å². The van der Waals surface area contributed by atoms with Gasteiger partial charge < -0.3 is 21.5 Å². The number of para-hydroxylation sites is 1. The molecule has 1 heterocycles. The number of benzene rings is 1. The van der Waals surface area contributed by atoms with Gasteiger partial charge in [-0.25, -0.2) is 4.98 Å². The van der Waals surface area contributed by atoms with Crippen LogP contribution < -0.4 is 16.4 Å². The van der Waals surface area contributed by atoms with Crippen LogP contribution in [0.25, 0.3) is 0 Å². The average molecular weight is 327 g/mol. The number of primary amides is 1. The number of aliphatic hydroxyl groups excluding tert-OH is 1. The first-order valence-electron chi connectivity index (χ1n) is 8.05. The molecule has 3 rings (SSSR count). The molecule has 7 nitrogen and oxygen atoms in total. The predicted octanol–water partition coefficient (Wildman–Crippen LogP) is 2.03. The molecule has 1 aromatic heterocycles. The van der Waals surface area contributed by atoms with Crippen LogP contribution in [0.15, 0.2) is 36.5 Å². The van der Waals surface area contributed by atoms with Crippen LogP contribution in [0.1, 0.15) is 36.0 Å². The molecule has 1 amide bonds. The van der Waals surface area contributed by atoms with E-state index in [1.165, 1.54) is 6.20 Å². The number of nitrogens with two attached hydrogens (primary N) is 1. The van der Waals surface area contributed by atoms with E-state index in [0.717, 1.165) is 31.4 Å². The third-order valence-electron chi connectivity index (χ3n) is 4.12. The monoisotopic (exact) mass is 327 g/mol. The van der Waals surface area contributed by atoms with Gasteiger partial charge in [-0.3, -0.25) is 4.79 Å². The van der Waals surface area contributed by atoms with Gasteiger partial charge in [-0.2, -0.15) is 4.98 Å². The van der Waals surface area contributed by atoms with E-state index in [1.807, 2.05) is 30.3 Å². The second kappa shape index (κ2) is 7.27. The Bertz CT molecular complexity index is 699. The van der Waals surface area contributed by atoms with Crippen molar-refractivity contribution in [1.82, 2.24) is 9.97 Å². The summed E-state index contributed by atoms with van der Waals surface area (Å²) in [5.74, 6) is 0.239. The van der Waals surface area contributed by atoms with E-state index in [2.05, 4.69) is 20.6 Å². The Morgan fingerprint density at radius 2 is 1.88 bits per heavy atom.